The maximum absolute atomic E-state index is 14.2. The summed E-state index contributed by atoms with van der Waals surface area (Å²) in [6.07, 6.45) is 3.44. The lowest BCUT2D eigenvalue weighted by molar-refractivity contribution is -0.123. The van der Waals surface area contributed by atoms with Crippen molar-refractivity contribution in [1.82, 2.24) is 41.0 Å². The lowest BCUT2D eigenvalue weighted by Crippen LogP contribution is -2.54. The van der Waals surface area contributed by atoms with Crippen molar-refractivity contribution in [3.8, 4) is 0 Å². The molecule has 16 heteroatoms. The van der Waals surface area contributed by atoms with Gasteiger partial charge < -0.3 is 40.5 Å². The first-order valence-electron chi connectivity index (χ1n) is 19.4. The number of hydrogen-bond donors (Lipinski definition) is 4. The van der Waals surface area contributed by atoms with Crippen LogP contribution >= 0.6 is 22.7 Å². The topological polar surface area (TPSA) is 167 Å². The molecule has 4 N–H and O–H groups in total. The lowest BCUT2D eigenvalue weighted by Gasteiger charge is -2.28. The fourth-order valence-electron chi connectivity index (χ4n) is 6.32. The zero-order valence-electron chi connectivity index (χ0n) is 32.9. The van der Waals surface area contributed by atoms with Crippen molar-refractivity contribution in [3.63, 3.8) is 0 Å². The van der Waals surface area contributed by atoms with E-state index in [4.69, 9.17) is 9.47 Å². The first-order valence-corrected chi connectivity index (χ1v) is 21.1. The van der Waals surface area contributed by atoms with Gasteiger partial charge in [-0.1, -0.05) is 74.5 Å². The summed E-state index contributed by atoms with van der Waals surface area (Å²) < 4.78 is 10.9. The number of rotatable bonds is 19. The molecule has 0 aliphatic carbocycles. The number of ether oxygens (including phenoxy) is 2. The number of carbonyl (C=O) groups is 4. The minimum Gasteiger partial charge on any atom is -0.444 e. The van der Waals surface area contributed by atoms with Crippen molar-refractivity contribution in [2.45, 2.75) is 83.1 Å². The predicted molar refractivity (Wildman–Crippen MR) is 221 cm³/mol. The normalized spacial score (nSPS) is 14.3. The largest absolute Gasteiger partial charge is 0.444 e. The van der Waals surface area contributed by atoms with E-state index in [1.54, 1.807) is 35.0 Å². The Bertz CT molecular complexity index is 1820. The third-order valence-corrected chi connectivity index (χ3v) is 11.4. The molecule has 306 valence electrons. The molecule has 14 nitrogen and oxygen atoms in total. The Labute approximate surface area is 342 Å². The van der Waals surface area contributed by atoms with Gasteiger partial charge in [0.15, 0.2) is 0 Å². The second kappa shape index (κ2) is 22.6. The van der Waals surface area contributed by atoms with Crippen molar-refractivity contribution in [2.75, 3.05) is 39.9 Å². The highest BCUT2D eigenvalue weighted by atomic mass is 32.1. The van der Waals surface area contributed by atoms with E-state index in [9.17, 15) is 19.2 Å². The highest BCUT2D eigenvalue weighted by Gasteiger charge is 2.27. The van der Waals surface area contributed by atoms with Crippen molar-refractivity contribution < 1.29 is 28.7 Å². The minimum absolute atomic E-state index is 0.124. The third-order valence-electron chi connectivity index (χ3n) is 9.44. The van der Waals surface area contributed by atoms with Crippen LogP contribution in [0.3, 0.4) is 0 Å². The Hall–Kier alpha value is -5.06. The number of aromatic nitrogens is 2. The second-order valence-electron chi connectivity index (χ2n) is 14.4. The molecule has 0 radical (unpaired) electrons. The summed E-state index contributed by atoms with van der Waals surface area (Å²) in [5.41, 5.74) is 4.55. The van der Waals surface area contributed by atoms with Gasteiger partial charge >= 0.3 is 18.2 Å². The van der Waals surface area contributed by atoms with Crippen LogP contribution in [-0.2, 0) is 40.3 Å². The predicted octanol–water partition coefficient (Wildman–Crippen LogP) is 5.71. The molecule has 1 saturated heterocycles. The van der Waals surface area contributed by atoms with Crippen molar-refractivity contribution in [1.29, 1.82) is 0 Å². The molecule has 1 aliphatic rings. The van der Waals surface area contributed by atoms with Gasteiger partial charge in [0.05, 0.1) is 40.8 Å². The van der Waals surface area contributed by atoms with Crippen LogP contribution in [0.4, 0.5) is 14.4 Å². The standard InChI is InChI=1S/C41H54N8O6S2/c1-29(2)38-45-34(27-56-38)25-48(3)40(52)47-36(16-17-43-39(51)49-18-20-54-21-19-49)37(50)44-32(22-30-10-6-4-7-11-30)14-15-33(23-31-12-8-5-9-13-31)46-41(53)55-26-35-24-42-28-57-35/h4-13,24,27-29,32-33,36H,14-23,25-26H2,1-3H3,(H,43,51)(H,44,50)(H,46,53)(H,47,52)/t32-,33-,36?/m1/s1. The van der Waals surface area contributed by atoms with Crippen molar-refractivity contribution in [2.24, 2.45) is 0 Å². The van der Waals surface area contributed by atoms with E-state index >= 15 is 0 Å². The van der Waals surface area contributed by atoms with E-state index < -0.39 is 18.2 Å². The van der Waals surface area contributed by atoms with Crippen LogP contribution in [0.15, 0.2) is 77.8 Å². The Balaban J connectivity index is 1.28. The summed E-state index contributed by atoms with van der Waals surface area (Å²) in [5.74, 6) is -0.0922. The number of carbonyl (C=O) groups excluding carboxylic acids is 4. The number of benzene rings is 2. The van der Waals surface area contributed by atoms with Crippen LogP contribution in [0.2, 0.25) is 0 Å². The van der Waals surface area contributed by atoms with E-state index in [1.165, 1.54) is 16.2 Å². The molecule has 3 atom stereocenters. The van der Waals surface area contributed by atoms with Crippen LogP contribution in [0.25, 0.3) is 0 Å². The molecule has 57 heavy (non-hydrogen) atoms. The zero-order valence-corrected chi connectivity index (χ0v) is 34.5. The first-order chi connectivity index (χ1) is 27.6. The van der Waals surface area contributed by atoms with E-state index in [0.717, 1.165) is 26.7 Å². The van der Waals surface area contributed by atoms with Gasteiger partial charge in [-0.05, 0) is 43.2 Å². The fraction of sp³-hybridized carbons (Fsp3) is 0.463. The van der Waals surface area contributed by atoms with Gasteiger partial charge in [-0.25, -0.2) is 19.4 Å². The number of hydrogen-bond acceptors (Lipinski definition) is 10. The highest BCUT2D eigenvalue weighted by Crippen LogP contribution is 2.20. The van der Waals surface area contributed by atoms with Gasteiger partial charge in [-0.15, -0.1) is 22.7 Å². The van der Waals surface area contributed by atoms with Crippen LogP contribution in [0.1, 0.15) is 65.7 Å². The molecule has 1 aliphatic heterocycles. The molecule has 0 saturated carbocycles. The molecular weight excluding hydrogens is 765 g/mol. The van der Waals surface area contributed by atoms with Gasteiger partial charge in [-0.3, -0.25) is 9.78 Å². The number of thiazole rings is 2. The van der Waals surface area contributed by atoms with Crippen LogP contribution in [0.5, 0.6) is 0 Å². The number of morpholine rings is 1. The Morgan fingerprint density at radius 3 is 2.12 bits per heavy atom. The monoisotopic (exact) mass is 818 g/mol. The molecule has 4 aromatic rings. The molecule has 6 amide bonds. The summed E-state index contributed by atoms with van der Waals surface area (Å²) in [4.78, 5) is 66.4. The summed E-state index contributed by atoms with van der Waals surface area (Å²) in [6.45, 7) is 6.62. The van der Waals surface area contributed by atoms with E-state index in [0.29, 0.717) is 52.0 Å². The molecule has 2 aromatic carbocycles. The van der Waals surface area contributed by atoms with Crippen LogP contribution < -0.4 is 21.3 Å². The summed E-state index contributed by atoms with van der Waals surface area (Å²) in [6, 6.07) is 17.5. The van der Waals surface area contributed by atoms with Gasteiger partial charge in [0.25, 0.3) is 0 Å². The average Bonchev–Trinajstić information content (AvgIpc) is 3.93. The minimum atomic E-state index is -0.954. The number of urea groups is 2. The summed E-state index contributed by atoms with van der Waals surface area (Å²) >= 11 is 2.97. The van der Waals surface area contributed by atoms with E-state index in [-0.39, 0.29) is 56.1 Å². The van der Waals surface area contributed by atoms with Gasteiger partial charge in [-0.2, -0.15) is 0 Å². The quantitative estimate of drug-likeness (QED) is 0.0934. The summed E-state index contributed by atoms with van der Waals surface area (Å²) in [5, 5.41) is 15.0. The molecule has 0 bridgehead atoms. The first kappa shape index (κ1) is 43.1. The highest BCUT2D eigenvalue weighted by molar-refractivity contribution is 7.09. The zero-order chi connectivity index (χ0) is 40.4. The Kier molecular flexibility index (Phi) is 17.1. The number of nitrogens with one attached hydrogen (secondary N) is 4. The molecule has 0 spiro atoms. The Morgan fingerprint density at radius 1 is 0.877 bits per heavy atom. The van der Waals surface area contributed by atoms with Gasteiger partial charge in [0.2, 0.25) is 5.91 Å². The average molecular weight is 819 g/mol. The number of alkyl carbamates (subject to hydrolysis) is 1. The third kappa shape index (κ3) is 14.8. The van der Waals surface area contributed by atoms with E-state index in [1.807, 2.05) is 66.0 Å². The smallest absolute Gasteiger partial charge is 0.407 e. The molecule has 1 fully saturated rings. The number of nitrogens with zero attached hydrogens (tertiary/aromatic N) is 4. The fourth-order valence-corrected chi connectivity index (χ4v) is 7.65. The maximum atomic E-state index is 14.2. The van der Waals surface area contributed by atoms with Crippen molar-refractivity contribution in [3.05, 3.63) is 104 Å². The van der Waals surface area contributed by atoms with Gasteiger partial charge in [0, 0.05) is 56.3 Å². The Morgan fingerprint density at radius 2 is 1.53 bits per heavy atom. The molecule has 3 heterocycles. The van der Waals surface area contributed by atoms with Gasteiger partial charge in [0.1, 0.15) is 12.6 Å². The molecular formula is C41H54N8O6S2. The second-order valence-corrected chi connectivity index (χ2v) is 16.2. The maximum Gasteiger partial charge on any atom is 0.407 e. The SMILES string of the molecule is CC(C)c1nc(CN(C)C(=O)NC(CCNC(=O)N2CCOCC2)C(=O)N[C@H](CC[C@H](Cc2ccccc2)NC(=O)OCc2cncs2)Cc2ccccc2)cs1. The molecule has 2 aromatic heterocycles. The molecule has 5 rings (SSSR count). The summed E-state index contributed by atoms with van der Waals surface area (Å²) in [7, 11) is 1.67. The van der Waals surface area contributed by atoms with E-state index in [2.05, 4.69) is 45.1 Å². The van der Waals surface area contributed by atoms with Crippen LogP contribution in [0, 0.1) is 0 Å². The molecule has 1 unspecified atom stereocenters. The number of amides is 6. The van der Waals surface area contributed by atoms with Crippen molar-refractivity contribution >= 4 is 46.7 Å². The van der Waals surface area contributed by atoms with Crippen LogP contribution in [-0.4, -0.2) is 102 Å². The lowest BCUT2D eigenvalue weighted by atomic mass is 9.95.